The molecule has 1 unspecified atom stereocenters. The fourth-order valence-corrected chi connectivity index (χ4v) is 3.19. The van der Waals surface area contributed by atoms with Crippen molar-refractivity contribution in [1.29, 1.82) is 0 Å². The normalized spacial score (nSPS) is 12.1. The lowest BCUT2D eigenvalue weighted by Crippen LogP contribution is -2.14. The number of hydrogen-bond acceptors (Lipinski definition) is 2. The van der Waals surface area contributed by atoms with E-state index in [1.165, 1.54) is 38.5 Å². The molecule has 0 spiro atoms. The number of benzene rings is 2. The van der Waals surface area contributed by atoms with E-state index in [0.717, 1.165) is 18.4 Å². The predicted molar refractivity (Wildman–Crippen MR) is 104 cm³/mol. The lowest BCUT2D eigenvalue weighted by atomic mass is 9.93. The van der Waals surface area contributed by atoms with E-state index in [1.54, 1.807) is 12.1 Å². The highest BCUT2D eigenvalue weighted by Gasteiger charge is 2.21. The third kappa shape index (κ3) is 6.13. The van der Waals surface area contributed by atoms with Gasteiger partial charge < -0.3 is 5.11 Å². The molecule has 0 aliphatic carbocycles. The van der Waals surface area contributed by atoms with Gasteiger partial charge in [-0.25, -0.2) is 0 Å². The van der Waals surface area contributed by atoms with Gasteiger partial charge in [0.25, 0.3) is 0 Å². The molecule has 0 fully saturated rings. The third-order valence-corrected chi connectivity index (χ3v) is 4.70. The van der Waals surface area contributed by atoms with Crippen LogP contribution in [-0.2, 0) is 6.42 Å². The Kier molecular flexibility index (Phi) is 8.41. The van der Waals surface area contributed by atoms with E-state index in [4.69, 9.17) is 0 Å². The number of aryl methyl sites for hydroxylation is 1. The standard InChI is InChI=1S/C23H30O2/c1-2-3-4-5-6-7-9-14-19-15-12-13-18-21(19)23(25)22(24)20-16-10-8-11-17-20/h8,10-13,15-18,22,24H,2-7,9,14H2,1H3. The average Bonchev–Trinajstić information content (AvgIpc) is 2.67. The summed E-state index contributed by atoms with van der Waals surface area (Å²) >= 11 is 0. The van der Waals surface area contributed by atoms with E-state index >= 15 is 0 Å². The van der Waals surface area contributed by atoms with Crippen molar-refractivity contribution in [2.24, 2.45) is 0 Å². The molecule has 1 atom stereocenters. The van der Waals surface area contributed by atoms with Gasteiger partial charge in [0.2, 0.25) is 0 Å². The fourth-order valence-electron chi connectivity index (χ4n) is 3.19. The third-order valence-electron chi connectivity index (χ3n) is 4.70. The first-order valence-corrected chi connectivity index (χ1v) is 9.59. The summed E-state index contributed by atoms with van der Waals surface area (Å²) < 4.78 is 0. The van der Waals surface area contributed by atoms with Crippen LogP contribution in [0, 0.1) is 0 Å². The molecular formula is C23H30O2. The summed E-state index contributed by atoms with van der Waals surface area (Å²) in [6.07, 6.45) is 8.62. The van der Waals surface area contributed by atoms with Gasteiger partial charge in [-0.15, -0.1) is 0 Å². The van der Waals surface area contributed by atoms with Crippen LogP contribution < -0.4 is 0 Å². The topological polar surface area (TPSA) is 37.3 Å². The van der Waals surface area contributed by atoms with Gasteiger partial charge in [-0.05, 0) is 24.0 Å². The molecule has 0 saturated heterocycles. The Labute approximate surface area is 151 Å². The number of ketones is 1. The van der Waals surface area contributed by atoms with Crippen LogP contribution in [-0.4, -0.2) is 10.9 Å². The first-order chi connectivity index (χ1) is 12.2. The summed E-state index contributed by atoms with van der Waals surface area (Å²) in [5, 5.41) is 10.4. The number of unbranched alkanes of at least 4 members (excludes halogenated alkanes) is 6. The predicted octanol–water partition coefficient (Wildman–Crippen LogP) is 5.90. The fraction of sp³-hybridized carbons (Fsp3) is 0.435. The molecule has 2 rings (SSSR count). The van der Waals surface area contributed by atoms with Crippen LogP contribution in [0.1, 0.15) is 79.5 Å². The molecule has 0 amide bonds. The van der Waals surface area contributed by atoms with E-state index in [2.05, 4.69) is 6.92 Å². The van der Waals surface area contributed by atoms with Gasteiger partial charge in [0.1, 0.15) is 6.10 Å². The minimum atomic E-state index is -1.09. The summed E-state index contributed by atoms with van der Waals surface area (Å²) in [5.41, 5.74) is 2.36. The van der Waals surface area contributed by atoms with Gasteiger partial charge in [0, 0.05) is 5.56 Å². The Bertz CT molecular complexity index is 634. The Hall–Kier alpha value is -1.93. The number of rotatable bonds is 11. The molecule has 0 aliphatic rings. The minimum Gasteiger partial charge on any atom is -0.380 e. The molecule has 0 bridgehead atoms. The summed E-state index contributed by atoms with van der Waals surface area (Å²) in [6, 6.07) is 16.9. The first-order valence-electron chi connectivity index (χ1n) is 9.59. The second kappa shape index (κ2) is 10.8. The molecule has 1 N–H and O–H groups in total. The minimum absolute atomic E-state index is 0.204. The van der Waals surface area contributed by atoms with Gasteiger partial charge in [-0.1, -0.05) is 100 Å². The quantitative estimate of drug-likeness (QED) is 0.409. The van der Waals surface area contributed by atoms with Crippen LogP contribution >= 0.6 is 0 Å². The maximum atomic E-state index is 12.7. The zero-order chi connectivity index (χ0) is 17.9. The number of carbonyl (C=O) groups excluding carboxylic acids is 1. The lowest BCUT2D eigenvalue weighted by Gasteiger charge is -2.13. The van der Waals surface area contributed by atoms with Crippen molar-refractivity contribution in [2.45, 2.75) is 64.4 Å². The van der Waals surface area contributed by atoms with Crippen LogP contribution in [0.4, 0.5) is 0 Å². The largest absolute Gasteiger partial charge is 0.380 e. The van der Waals surface area contributed by atoms with Gasteiger partial charge in [0.15, 0.2) is 5.78 Å². The van der Waals surface area contributed by atoms with Crippen molar-refractivity contribution in [3.05, 3.63) is 71.3 Å². The first kappa shape index (κ1) is 19.4. The molecule has 2 aromatic rings. The maximum absolute atomic E-state index is 12.7. The Morgan fingerprint density at radius 3 is 2.16 bits per heavy atom. The van der Waals surface area contributed by atoms with E-state index < -0.39 is 6.10 Å². The van der Waals surface area contributed by atoms with Crippen molar-refractivity contribution in [3.8, 4) is 0 Å². The average molecular weight is 338 g/mol. The molecule has 0 aromatic heterocycles. The van der Waals surface area contributed by atoms with E-state index in [-0.39, 0.29) is 5.78 Å². The molecule has 2 aromatic carbocycles. The van der Waals surface area contributed by atoms with Crippen molar-refractivity contribution >= 4 is 5.78 Å². The number of hydrogen-bond donors (Lipinski definition) is 1. The molecule has 0 saturated carbocycles. The second-order valence-electron chi connectivity index (χ2n) is 6.71. The highest BCUT2D eigenvalue weighted by Crippen LogP contribution is 2.22. The highest BCUT2D eigenvalue weighted by atomic mass is 16.3. The maximum Gasteiger partial charge on any atom is 0.196 e. The zero-order valence-corrected chi connectivity index (χ0v) is 15.3. The van der Waals surface area contributed by atoms with Gasteiger partial charge in [-0.2, -0.15) is 0 Å². The van der Waals surface area contributed by atoms with E-state index in [9.17, 15) is 9.90 Å². The Morgan fingerprint density at radius 1 is 0.840 bits per heavy atom. The van der Waals surface area contributed by atoms with Gasteiger partial charge in [-0.3, -0.25) is 4.79 Å². The lowest BCUT2D eigenvalue weighted by molar-refractivity contribution is 0.0746. The molecule has 0 heterocycles. The van der Waals surface area contributed by atoms with Crippen LogP contribution in [0.15, 0.2) is 54.6 Å². The van der Waals surface area contributed by atoms with Crippen LogP contribution in [0.5, 0.6) is 0 Å². The molecule has 0 aliphatic heterocycles. The monoisotopic (exact) mass is 338 g/mol. The SMILES string of the molecule is CCCCCCCCCc1ccccc1C(=O)C(O)c1ccccc1. The van der Waals surface area contributed by atoms with Gasteiger partial charge >= 0.3 is 0 Å². The molecule has 2 heteroatoms. The number of carbonyl (C=O) groups is 1. The number of aliphatic hydroxyl groups is 1. The van der Waals surface area contributed by atoms with Crippen LogP contribution in [0.2, 0.25) is 0 Å². The zero-order valence-electron chi connectivity index (χ0n) is 15.3. The van der Waals surface area contributed by atoms with Crippen molar-refractivity contribution in [1.82, 2.24) is 0 Å². The van der Waals surface area contributed by atoms with E-state index in [1.807, 2.05) is 42.5 Å². The van der Waals surface area contributed by atoms with Crippen molar-refractivity contribution in [2.75, 3.05) is 0 Å². The number of Topliss-reactive ketones (excluding diaryl/α,β-unsaturated/α-hetero) is 1. The molecule has 0 radical (unpaired) electrons. The van der Waals surface area contributed by atoms with E-state index in [0.29, 0.717) is 11.1 Å². The smallest absolute Gasteiger partial charge is 0.196 e. The van der Waals surface area contributed by atoms with Crippen LogP contribution in [0.3, 0.4) is 0 Å². The molecule has 2 nitrogen and oxygen atoms in total. The summed E-state index contributed by atoms with van der Waals surface area (Å²) in [5.74, 6) is -0.204. The molecule has 134 valence electrons. The van der Waals surface area contributed by atoms with Crippen LogP contribution in [0.25, 0.3) is 0 Å². The Balaban J connectivity index is 1.92. The number of aliphatic hydroxyl groups excluding tert-OH is 1. The molecular weight excluding hydrogens is 308 g/mol. The highest BCUT2D eigenvalue weighted by molar-refractivity contribution is 6.01. The van der Waals surface area contributed by atoms with Gasteiger partial charge in [0.05, 0.1) is 0 Å². The Morgan fingerprint density at radius 2 is 1.44 bits per heavy atom. The second-order valence-corrected chi connectivity index (χ2v) is 6.71. The summed E-state index contributed by atoms with van der Waals surface area (Å²) in [4.78, 5) is 12.7. The summed E-state index contributed by atoms with van der Waals surface area (Å²) in [7, 11) is 0. The summed E-state index contributed by atoms with van der Waals surface area (Å²) in [6.45, 7) is 2.23. The van der Waals surface area contributed by atoms with Crippen molar-refractivity contribution < 1.29 is 9.90 Å². The van der Waals surface area contributed by atoms with Crippen molar-refractivity contribution in [3.63, 3.8) is 0 Å². The molecule has 25 heavy (non-hydrogen) atoms.